The average molecular weight is 606 g/mol. The summed E-state index contributed by atoms with van der Waals surface area (Å²) >= 11 is 0. The summed E-state index contributed by atoms with van der Waals surface area (Å²) in [5, 5.41) is 5.75. The Hall–Kier alpha value is -3.91. The molecule has 0 unspecified atom stereocenters. The van der Waals surface area contributed by atoms with E-state index in [1.807, 2.05) is 54.6 Å². The van der Waals surface area contributed by atoms with Crippen molar-refractivity contribution in [3.05, 3.63) is 65.7 Å². The summed E-state index contributed by atoms with van der Waals surface area (Å²) in [6.07, 6.45) is 7.27. The molecule has 0 aliphatic carbocycles. The lowest BCUT2D eigenvalue weighted by Gasteiger charge is -2.35. The van der Waals surface area contributed by atoms with Crippen LogP contribution in [0, 0.1) is 12.3 Å². The summed E-state index contributed by atoms with van der Waals surface area (Å²) in [6.45, 7) is 4.76. The van der Waals surface area contributed by atoms with Gasteiger partial charge in [0.2, 0.25) is 17.7 Å². The molecule has 2 aromatic carbocycles. The van der Waals surface area contributed by atoms with E-state index < -0.39 is 24.2 Å². The number of rotatable bonds is 16. The van der Waals surface area contributed by atoms with Crippen molar-refractivity contribution in [2.45, 2.75) is 69.8 Å². The van der Waals surface area contributed by atoms with Crippen LogP contribution in [0.4, 0.5) is 0 Å². The number of hydrogen-bond donors (Lipinski definition) is 3. The molecule has 2 aromatic rings. The van der Waals surface area contributed by atoms with Gasteiger partial charge in [-0.3, -0.25) is 14.4 Å². The first-order valence-corrected chi connectivity index (χ1v) is 15.2. The second kappa shape index (κ2) is 17.4. The minimum atomic E-state index is -0.932. The Bertz CT molecular complexity index is 1250. The van der Waals surface area contributed by atoms with Gasteiger partial charge in [0.1, 0.15) is 18.4 Å². The van der Waals surface area contributed by atoms with Crippen LogP contribution in [-0.4, -0.2) is 98.2 Å². The third kappa shape index (κ3) is 9.81. The van der Waals surface area contributed by atoms with Gasteiger partial charge in [-0.25, -0.2) is 0 Å². The van der Waals surface area contributed by atoms with Crippen molar-refractivity contribution in [1.82, 2.24) is 20.4 Å². The predicted octanol–water partition coefficient (Wildman–Crippen LogP) is 1.76. The lowest BCUT2D eigenvalue weighted by Crippen LogP contribution is -2.59. The molecule has 0 aromatic heterocycles. The quantitative estimate of drug-likeness (QED) is 0.249. The number of carbonyl (C=O) groups is 3. The lowest BCUT2D eigenvalue weighted by molar-refractivity contribution is -0.143. The number of benzene rings is 2. The van der Waals surface area contributed by atoms with E-state index in [1.54, 1.807) is 37.8 Å². The normalized spacial score (nSPS) is 17.2. The molecule has 10 heteroatoms. The van der Waals surface area contributed by atoms with Crippen LogP contribution in [0.15, 0.2) is 54.6 Å². The van der Waals surface area contributed by atoms with Gasteiger partial charge in [-0.2, -0.15) is 0 Å². The van der Waals surface area contributed by atoms with Gasteiger partial charge in [0.15, 0.2) is 0 Å². The minimum Gasteiger partial charge on any atom is -0.497 e. The topological polar surface area (TPSA) is 126 Å². The van der Waals surface area contributed by atoms with Crippen molar-refractivity contribution >= 4 is 17.7 Å². The number of nitrogens with two attached hydrogens (primary N) is 1. The molecule has 1 aliphatic rings. The number of amides is 3. The zero-order chi connectivity index (χ0) is 32.1. The van der Waals surface area contributed by atoms with Gasteiger partial charge in [0.25, 0.3) is 0 Å². The first kappa shape index (κ1) is 34.6. The Kier molecular flexibility index (Phi) is 13.7. The summed E-state index contributed by atoms with van der Waals surface area (Å²) in [6, 6.07) is 15.1. The predicted molar refractivity (Wildman–Crippen MR) is 171 cm³/mol. The van der Waals surface area contributed by atoms with Crippen LogP contribution in [0.3, 0.4) is 0 Å². The maximum absolute atomic E-state index is 14.0. The van der Waals surface area contributed by atoms with Gasteiger partial charge < -0.3 is 35.6 Å². The molecular weight excluding hydrogens is 558 g/mol. The highest BCUT2D eigenvalue weighted by Crippen LogP contribution is 2.22. The zero-order valence-electron chi connectivity index (χ0n) is 26.3. The molecule has 10 nitrogen and oxygen atoms in total. The van der Waals surface area contributed by atoms with E-state index in [1.165, 1.54) is 0 Å². The van der Waals surface area contributed by atoms with Crippen LogP contribution in [-0.2, 0) is 32.0 Å². The third-order valence-electron chi connectivity index (χ3n) is 8.14. The largest absolute Gasteiger partial charge is 0.497 e. The van der Waals surface area contributed by atoms with Gasteiger partial charge in [-0.15, -0.1) is 6.42 Å². The molecule has 1 heterocycles. The van der Waals surface area contributed by atoms with Crippen molar-refractivity contribution < 1.29 is 23.9 Å². The molecule has 1 saturated heterocycles. The SMILES string of the molecule is C#CCO[C@H](C)[C@H](NC(=O)[C@H](C)NC)C(=O)N1CCC[C@H]1CN(CCc1ccccc1)C(=O)[C@H](N)Cc1ccc(OC)cc1. The van der Waals surface area contributed by atoms with Gasteiger partial charge in [-0.05, 0) is 69.8 Å². The van der Waals surface area contributed by atoms with E-state index in [0.29, 0.717) is 32.5 Å². The maximum atomic E-state index is 14.0. The van der Waals surface area contributed by atoms with Gasteiger partial charge in [0.05, 0.1) is 25.3 Å². The van der Waals surface area contributed by atoms with E-state index >= 15 is 0 Å². The number of carbonyl (C=O) groups excluding carboxylic acids is 3. The summed E-state index contributed by atoms with van der Waals surface area (Å²) in [7, 11) is 3.28. The number of methoxy groups -OCH3 is 1. The molecule has 3 amide bonds. The number of likely N-dealkylation sites (tertiary alicyclic amines) is 1. The van der Waals surface area contributed by atoms with Crippen LogP contribution in [0.25, 0.3) is 0 Å². The number of nitrogens with zero attached hydrogens (tertiary/aromatic N) is 2. The molecule has 0 radical (unpaired) electrons. The zero-order valence-corrected chi connectivity index (χ0v) is 26.3. The molecule has 44 heavy (non-hydrogen) atoms. The third-order valence-corrected chi connectivity index (χ3v) is 8.14. The molecule has 4 N–H and O–H groups in total. The minimum absolute atomic E-state index is 0.0136. The molecule has 238 valence electrons. The first-order valence-electron chi connectivity index (χ1n) is 15.2. The standard InChI is InChI=1S/C34H47N5O5/c1-6-21-44-25(3)31(37-32(40)24(2)36-4)34(42)39-19-10-13-28(39)23-38(20-18-26-11-8-7-9-12-26)33(41)30(35)22-27-14-16-29(43-5)17-15-27/h1,7-9,11-12,14-17,24-25,28,30-31,36H,10,13,18-23,35H2,2-5H3,(H,37,40)/t24-,25+,28-,30+,31-/m0/s1. The molecule has 1 fully saturated rings. The van der Waals surface area contributed by atoms with Gasteiger partial charge in [-0.1, -0.05) is 48.4 Å². The van der Waals surface area contributed by atoms with Crippen molar-refractivity contribution in [3.8, 4) is 18.1 Å². The Morgan fingerprint density at radius 1 is 1.11 bits per heavy atom. The fraction of sp³-hybridized carbons (Fsp3) is 0.500. The molecule has 3 rings (SSSR count). The second-order valence-electron chi connectivity index (χ2n) is 11.2. The van der Waals surface area contributed by atoms with E-state index in [0.717, 1.165) is 29.7 Å². The molecule has 0 saturated carbocycles. The highest BCUT2D eigenvalue weighted by molar-refractivity contribution is 5.90. The maximum Gasteiger partial charge on any atom is 0.248 e. The summed E-state index contributed by atoms with van der Waals surface area (Å²) in [5.41, 5.74) is 8.54. The number of terminal acetylenes is 1. The summed E-state index contributed by atoms with van der Waals surface area (Å²) in [5.74, 6) is 2.41. The number of ether oxygens (including phenoxy) is 2. The summed E-state index contributed by atoms with van der Waals surface area (Å²) in [4.78, 5) is 44.2. The van der Waals surface area contributed by atoms with Crippen LogP contribution < -0.4 is 21.1 Å². The lowest BCUT2D eigenvalue weighted by atomic mass is 10.0. The van der Waals surface area contributed by atoms with E-state index in [-0.39, 0.29) is 30.4 Å². The molecular formula is C34H47N5O5. The summed E-state index contributed by atoms with van der Waals surface area (Å²) < 4.78 is 10.9. The van der Waals surface area contributed by atoms with Crippen molar-refractivity contribution in [2.75, 3.05) is 40.4 Å². The van der Waals surface area contributed by atoms with E-state index in [9.17, 15) is 14.4 Å². The van der Waals surface area contributed by atoms with Crippen LogP contribution in [0.5, 0.6) is 5.75 Å². The fourth-order valence-electron chi connectivity index (χ4n) is 5.35. The van der Waals surface area contributed by atoms with Crippen LogP contribution in [0.1, 0.15) is 37.8 Å². The van der Waals surface area contributed by atoms with Crippen LogP contribution >= 0.6 is 0 Å². The van der Waals surface area contributed by atoms with Crippen molar-refractivity contribution in [2.24, 2.45) is 5.73 Å². The Morgan fingerprint density at radius 2 is 1.82 bits per heavy atom. The second-order valence-corrected chi connectivity index (χ2v) is 11.2. The average Bonchev–Trinajstić information content (AvgIpc) is 3.52. The Morgan fingerprint density at radius 3 is 2.45 bits per heavy atom. The molecule has 1 aliphatic heterocycles. The Labute approximate surface area is 261 Å². The monoisotopic (exact) mass is 605 g/mol. The Balaban J connectivity index is 1.80. The number of likely N-dealkylation sites (N-methyl/N-ethyl adjacent to an activating group) is 1. The number of nitrogens with one attached hydrogen (secondary N) is 2. The molecule has 5 atom stereocenters. The molecule has 0 spiro atoms. The van der Waals surface area contributed by atoms with E-state index in [4.69, 9.17) is 21.6 Å². The fourth-order valence-corrected chi connectivity index (χ4v) is 5.35. The van der Waals surface area contributed by atoms with Crippen molar-refractivity contribution in [3.63, 3.8) is 0 Å². The van der Waals surface area contributed by atoms with E-state index in [2.05, 4.69) is 16.6 Å². The molecule has 0 bridgehead atoms. The highest BCUT2D eigenvalue weighted by atomic mass is 16.5. The first-order chi connectivity index (χ1) is 21.2. The number of hydrogen-bond acceptors (Lipinski definition) is 7. The van der Waals surface area contributed by atoms with Crippen molar-refractivity contribution in [1.29, 1.82) is 0 Å². The van der Waals surface area contributed by atoms with Gasteiger partial charge in [0, 0.05) is 25.7 Å². The van der Waals surface area contributed by atoms with Gasteiger partial charge >= 0.3 is 0 Å². The smallest absolute Gasteiger partial charge is 0.248 e. The highest BCUT2D eigenvalue weighted by Gasteiger charge is 2.38. The van der Waals surface area contributed by atoms with Crippen LogP contribution in [0.2, 0.25) is 0 Å².